The van der Waals surface area contributed by atoms with E-state index in [4.69, 9.17) is 9.15 Å². The highest BCUT2D eigenvalue weighted by Crippen LogP contribution is 2.20. The molecule has 0 radical (unpaired) electrons. The zero-order valence-corrected chi connectivity index (χ0v) is 15.2. The molecule has 26 heavy (non-hydrogen) atoms. The van der Waals surface area contributed by atoms with Crippen molar-refractivity contribution in [2.45, 2.75) is 20.3 Å². The number of benzene rings is 1. The maximum atomic E-state index is 12.5. The molecule has 4 rings (SSSR count). The first-order valence-electron chi connectivity index (χ1n) is 8.35. The van der Waals surface area contributed by atoms with E-state index in [0.717, 1.165) is 23.5 Å². The molecule has 0 amide bonds. The van der Waals surface area contributed by atoms with Crippen LogP contribution in [0.25, 0.3) is 22.4 Å². The first-order chi connectivity index (χ1) is 12.6. The van der Waals surface area contributed by atoms with Crippen LogP contribution in [0.2, 0.25) is 0 Å². The minimum absolute atomic E-state index is 0.194. The third kappa shape index (κ3) is 3.13. The molecule has 0 bridgehead atoms. The largest absolute Gasteiger partial charge is 0.494 e. The van der Waals surface area contributed by atoms with Crippen LogP contribution < -0.4 is 14.8 Å². The molecule has 3 aromatic heterocycles. The lowest BCUT2D eigenvalue weighted by atomic mass is 10.2. The zero-order valence-electron chi connectivity index (χ0n) is 14.4. The van der Waals surface area contributed by atoms with Gasteiger partial charge in [-0.25, -0.2) is 0 Å². The van der Waals surface area contributed by atoms with Crippen molar-refractivity contribution in [2.24, 2.45) is 0 Å². The Kier molecular flexibility index (Phi) is 4.30. The van der Waals surface area contributed by atoms with Gasteiger partial charge in [0.05, 0.1) is 6.61 Å². The number of hydrogen-bond donors (Lipinski definition) is 0. The van der Waals surface area contributed by atoms with Gasteiger partial charge in [0.2, 0.25) is 4.96 Å². The Morgan fingerprint density at radius 3 is 2.69 bits per heavy atom. The Hall–Kier alpha value is -2.93. The monoisotopic (exact) mass is 367 g/mol. The fraction of sp³-hybridized carbons (Fsp3) is 0.211. The second kappa shape index (κ2) is 6.76. The summed E-state index contributed by atoms with van der Waals surface area (Å²) in [4.78, 5) is 17.6. The number of furan rings is 1. The maximum absolute atomic E-state index is 12.5. The number of aromatic nitrogens is 3. The van der Waals surface area contributed by atoms with Gasteiger partial charge in [-0.3, -0.25) is 4.79 Å². The van der Waals surface area contributed by atoms with E-state index in [1.54, 1.807) is 6.08 Å². The fourth-order valence-electron chi connectivity index (χ4n) is 2.54. The SMILES string of the molecule is CCCOc1ccc(-c2nc3s/c(=C/c4ccc(C)o4)c(=O)n3n2)cc1. The van der Waals surface area contributed by atoms with Crippen LogP contribution >= 0.6 is 11.3 Å². The number of nitrogens with zero attached hydrogens (tertiary/aromatic N) is 3. The Bertz CT molecular complexity index is 1160. The molecule has 1 aromatic carbocycles. The van der Waals surface area contributed by atoms with Crippen molar-refractivity contribution in [2.75, 3.05) is 6.61 Å². The Morgan fingerprint density at radius 2 is 2.04 bits per heavy atom. The topological polar surface area (TPSA) is 69.6 Å². The van der Waals surface area contributed by atoms with Gasteiger partial charge in [0, 0.05) is 11.6 Å². The van der Waals surface area contributed by atoms with Gasteiger partial charge in [-0.05, 0) is 49.7 Å². The van der Waals surface area contributed by atoms with Crippen LogP contribution in [0.15, 0.2) is 45.6 Å². The molecule has 6 nitrogen and oxygen atoms in total. The van der Waals surface area contributed by atoms with Crippen LogP contribution in [0.4, 0.5) is 0 Å². The summed E-state index contributed by atoms with van der Waals surface area (Å²) >= 11 is 1.29. The van der Waals surface area contributed by atoms with Crippen LogP contribution in [-0.4, -0.2) is 21.2 Å². The summed E-state index contributed by atoms with van der Waals surface area (Å²) in [5, 5.41) is 4.35. The van der Waals surface area contributed by atoms with Gasteiger partial charge in [0.25, 0.3) is 5.56 Å². The lowest BCUT2D eigenvalue weighted by Crippen LogP contribution is -2.23. The quantitative estimate of drug-likeness (QED) is 0.542. The molecule has 0 atom stereocenters. The minimum atomic E-state index is -0.194. The summed E-state index contributed by atoms with van der Waals surface area (Å²) in [6, 6.07) is 11.3. The average Bonchev–Trinajstić information content (AvgIpc) is 3.32. The molecule has 3 heterocycles. The molecule has 0 aliphatic carbocycles. The van der Waals surface area contributed by atoms with Crippen molar-refractivity contribution < 1.29 is 9.15 Å². The highest BCUT2D eigenvalue weighted by atomic mass is 32.1. The summed E-state index contributed by atoms with van der Waals surface area (Å²) in [5.41, 5.74) is 0.650. The van der Waals surface area contributed by atoms with Crippen LogP contribution in [0.1, 0.15) is 24.9 Å². The summed E-state index contributed by atoms with van der Waals surface area (Å²) in [6.07, 6.45) is 2.68. The summed E-state index contributed by atoms with van der Waals surface area (Å²) in [7, 11) is 0. The van der Waals surface area contributed by atoms with Crippen LogP contribution in [0, 0.1) is 6.92 Å². The smallest absolute Gasteiger partial charge is 0.291 e. The third-order valence-corrected chi connectivity index (χ3v) is 4.76. The second-order valence-electron chi connectivity index (χ2n) is 5.87. The normalized spacial score (nSPS) is 12.2. The van der Waals surface area contributed by atoms with Crippen molar-refractivity contribution in [1.29, 1.82) is 0 Å². The van der Waals surface area contributed by atoms with Crippen molar-refractivity contribution >= 4 is 22.4 Å². The number of ether oxygens (including phenoxy) is 1. The van der Waals surface area contributed by atoms with Gasteiger partial charge < -0.3 is 9.15 Å². The Morgan fingerprint density at radius 1 is 1.23 bits per heavy atom. The highest BCUT2D eigenvalue weighted by Gasteiger charge is 2.12. The first kappa shape index (κ1) is 16.5. The standard InChI is InChI=1S/C19H17N3O3S/c1-3-10-24-14-8-5-13(6-9-14)17-20-19-22(21-17)18(23)16(26-19)11-15-7-4-12(2)25-15/h4-9,11H,3,10H2,1-2H3/b16-11+. The van der Waals surface area contributed by atoms with Crippen molar-refractivity contribution in [1.82, 2.24) is 14.6 Å². The molecule has 0 saturated heterocycles. The van der Waals surface area contributed by atoms with Gasteiger partial charge in [0.15, 0.2) is 5.82 Å². The molecule has 0 unspecified atom stereocenters. The van der Waals surface area contributed by atoms with E-state index in [1.165, 1.54) is 15.9 Å². The number of fused-ring (bicyclic) bond motifs is 1. The number of hydrogen-bond acceptors (Lipinski definition) is 6. The molecule has 7 heteroatoms. The molecule has 0 spiro atoms. The Labute approximate surface area is 153 Å². The third-order valence-electron chi connectivity index (χ3n) is 3.80. The molecule has 0 aliphatic rings. The number of rotatable bonds is 5. The van der Waals surface area contributed by atoms with Crippen LogP contribution in [0.3, 0.4) is 0 Å². The van der Waals surface area contributed by atoms with E-state index in [1.807, 2.05) is 43.3 Å². The molecule has 0 saturated carbocycles. The van der Waals surface area contributed by atoms with Gasteiger partial charge in [-0.15, -0.1) is 5.10 Å². The summed E-state index contributed by atoms with van der Waals surface area (Å²) in [6.45, 7) is 4.62. The van der Waals surface area contributed by atoms with E-state index >= 15 is 0 Å². The van der Waals surface area contributed by atoms with E-state index in [0.29, 0.717) is 27.7 Å². The molecular formula is C19H17N3O3S. The van der Waals surface area contributed by atoms with Crippen molar-refractivity contribution in [3.8, 4) is 17.1 Å². The summed E-state index contributed by atoms with van der Waals surface area (Å²) < 4.78 is 13.0. The molecule has 4 aromatic rings. The van der Waals surface area contributed by atoms with Crippen molar-refractivity contribution in [3.05, 3.63) is 62.8 Å². The maximum Gasteiger partial charge on any atom is 0.291 e. The van der Waals surface area contributed by atoms with E-state index in [2.05, 4.69) is 17.0 Å². The van der Waals surface area contributed by atoms with Gasteiger partial charge >= 0.3 is 0 Å². The van der Waals surface area contributed by atoms with Crippen LogP contribution in [0.5, 0.6) is 5.75 Å². The number of aryl methyl sites for hydroxylation is 1. The highest BCUT2D eigenvalue weighted by molar-refractivity contribution is 7.15. The van der Waals surface area contributed by atoms with E-state index in [9.17, 15) is 4.79 Å². The van der Waals surface area contributed by atoms with Gasteiger partial charge in [-0.1, -0.05) is 18.3 Å². The molecular weight excluding hydrogens is 350 g/mol. The Balaban J connectivity index is 1.67. The lowest BCUT2D eigenvalue weighted by Gasteiger charge is -2.04. The molecule has 0 fully saturated rings. The average molecular weight is 367 g/mol. The van der Waals surface area contributed by atoms with Gasteiger partial charge in [-0.2, -0.15) is 9.50 Å². The van der Waals surface area contributed by atoms with E-state index < -0.39 is 0 Å². The second-order valence-corrected chi connectivity index (χ2v) is 6.88. The lowest BCUT2D eigenvalue weighted by molar-refractivity contribution is 0.317. The van der Waals surface area contributed by atoms with Gasteiger partial charge in [0.1, 0.15) is 21.8 Å². The minimum Gasteiger partial charge on any atom is -0.494 e. The number of thiazole rings is 1. The predicted octanol–water partition coefficient (Wildman–Crippen LogP) is 3.06. The van der Waals surface area contributed by atoms with Crippen molar-refractivity contribution in [3.63, 3.8) is 0 Å². The van der Waals surface area contributed by atoms with Crippen LogP contribution in [-0.2, 0) is 0 Å². The fourth-order valence-corrected chi connectivity index (χ4v) is 3.42. The predicted molar refractivity (Wildman–Crippen MR) is 101 cm³/mol. The molecule has 0 aliphatic heterocycles. The molecule has 132 valence electrons. The first-order valence-corrected chi connectivity index (χ1v) is 9.16. The van der Waals surface area contributed by atoms with E-state index in [-0.39, 0.29) is 5.56 Å². The molecule has 0 N–H and O–H groups in total. The summed E-state index contributed by atoms with van der Waals surface area (Å²) in [5.74, 6) is 2.78. The zero-order chi connectivity index (χ0) is 18.1.